The number of aliphatic hydroxyl groups is 1. The van der Waals surface area contributed by atoms with Gasteiger partial charge in [-0.1, -0.05) is 24.3 Å². The smallest absolute Gasteiger partial charge is 0.0690 e. The quantitative estimate of drug-likeness (QED) is 0.784. The first-order valence-corrected chi connectivity index (χ1v) is 4.89. The first kappa shape index (κ1) is 9.23. The molecule has 2 rings (SSSR count). The average molecular weight is 187 g/mol. The van der Waals surface area contributed by atoms with Crippen molar-refractivity contribution in [1.29, 1.82) is 5.26 Å². The molecule has 0 aromatic heterocycles. The van der Waals surface area contributed by atoms with E-state index in [2.05, 4.69) is 6.07 Å². The lowest BCUT2D eigenvalue weighted by molar-refractivity contribution is 0.151. The van der Waals surface area contributed by atoms with E-state index in [1.807, 2.05) is 24.3 Å². The summed E-state index contributed by atoms with van der Waals surface area (Å²) in [6.45, 7) is 0. The highest BCUT2D eigenvalue weighted by Crippen LogP contribution is 2.38. The standard InChI is InChI=1S/C12H13NO/c13-8-5-10-1-3-11(4-2-10)9-12(14)6-7-12/h1-4,14H,5-7,9H2. The maximum absolute atomic E-state index is 9.70. The van der Waals surface area contributed by atoms with Crippen LogP contribution in [0.15, 0.2) is 24.3 Å². The van der Waals surface area contributed by atoms with Gasteiger partial charge in [0.1, 0.15) is 0 Å². The molecular formula is C12H13NO. The fraction of sp³-hybridized carbons (Fsp3) is 0.417. The first-order valence-electron chi connectivity index (χ1n) is 4.89. The lowest BCUT2D eigenvalue weighted by atomic mass is 10.0. The van der Waals surface area contributed by atoms with Gasteiger partial charge in [0.15, 0.2) is 0 Å². The Morgan fingerprint density at radius 3 is 2.29 bits per heavy atom. The van der Waals surface area contributed by atoms with Crippen molar-refractivity contribution in [3.63, 3.8) is 0 Å². The number of benzene rings is 1. The molecule has 0 amide bonds. The summed E-state index contributed by atoms with van der Waals surface area (Å²) >= 11 is 0. The molecule has 0 atom stereocenters. The molecule has 0 bridgehead atoms. The van der Waals surface area contributed by atoms with E-state index in [9.17, 15) is 5.11 Å². The van der Waals surface area contributed by atoms with Crippen LogP contribution in [0.3, 0.4) is 0 Å². The molecule has 2 heteroatoms. The molecule has 0 aliphatic heterocycles. The SMILES string of the molecule is N#CCc1ccc(CC2(O)CC2)cc1. The van der Waals surface area contributed by atoms with Gasteiger partial charge in [-0.2, -0.15) is 5.26 Å². The van der Waals surface area contributed by atoms with E-state index in [1.54, 1.807) is 0 Å². The highest BCUT2D eigenvalue weighted by atomic mass is 16.3. The molecule has 0 radical (unpaired) electrons. The van der Waals surface area contributed by atoms with Crippen molar-refractivity contribution in [2.75, 3.05) is 0 Å². The molecule has 0 spiro atoms. The Kier molecular flexibility index (Phi) is 2.26. The van der Waals surface area contributed by atoms with Crippen LogP contribution in [0.5, 0.6) is 0 Å². The Balaban J connectivity index is 2.03. The molecule has 1 N–H and O–H groups in total. The third-order valence-corrected chi connectivity index (χ3v) is 2.67. The molecule has 1 fully saturated rings. The first-order chi connectivity index (χ1) is 6.72. The molecule has 1 aromatic carbocycles. The number of nitrogens with zero attached hydrogens (tertiary/aromatic N) is 1. The Hall–Kier alpha value is -1.33. The largest absolute Gasteiger partial charge is 0.390 e. The van der Waals surface area contributed by atoms with E-state index in [-0.39, 0.29) is 0 Å². The average Bonchev–Trinajstić information content (AvgIpc) is 2.88. The van der Waals surface area contributed by atoms with Gasteiger partial charge >= 0.3 is 0 Å². The van der Waals surface area contributed by atoms with Crippen molar-refractivity contribution >= 4 is 0 Å². The van der Waals surface area contributed by atoms with Crippen molar-refractivity contribution in [2.24, 2.45) is 0 Å². The maximum Gasteiger partial charge on any atom is 0.0690 e. The second-order valence-corrected chi connectivity index (χ2v) is 4.05. The number of hydrogen-bond acceptors (Lipinski definition) is 2. The van der Waals surface area contributed by atoms with Gasteiger partial charge in [-0.15, -0.1) is 0 Å². The van der Waals surface area contributed by atoms with Crippen molar-refractivity contribution in [1.82, 2.24) is 0 Å². The van der Waals surface area contributed by atoms with E-state index in [0.717, 1.165) is 30.4 Å². The summed E-state index contributed by atoms with van der Waals surface area (Å²) in [6, 6.07) is 10.0. The molecule has 0 heterocycles. The van der Waals surface area contributed by atoms with E-state index in [4.69, 9.17) is 5.26 Å². The number of hydrogen-bond donors (Lipinski definition) is 1. The van der Waals surface area contributed by atoms with Gasteiger partial charge in [-0.3, -0.25) is 0 Å². The molecule has 2 nitrogen and oxygen atoms in total. The molecule has 1 saturated carbocycles. The minimum atomic E-state index is -0.420. The van der Waals surface area contributed by atoms with Crippen LogP contribution >= 0.6 is 0 Å². The summed E-state index contributed by atoms with van der Waals surface area (Å²) in [7, 11) is 0. The zero-order valence-corrected chi connectivity index (χ0v) is 8.03. The fourth-order valence-corrected chi connectivity index (χ4v) is 1.57. The van der Waals surface area contributed by atoms with Crippen molar-refractivity contribution < 1.29 is 5.11 Å². The topological polar surface area (TPSA) is 44.0 Å². The van der Waals surface area contributed by atoms with Gasteiger partial charge in [0.2, 0.25) is 0 Å². The summed E-state index contributed by atoms with van der Waals surface area (Å²) in [6.07, 6.45) is 3.06. The van der Waals surface area contributed by atoms with E-state index < -0.39 is 5.60 Å². The molecule has 72 valence electrons. The van der Waals surface area contributed by atoms with Crippen molar-refractivity contribution in [2.45, 2.75) is 31.3 Å². The number of rotatable bonds is 3. The lowest BCUT2D eigenvalue weighted by Crippen LogP contribution is -2.10. The van der Waals surface area contributed by atoms with Crippen LogP contribution in [0.2, 0.25) is 0 Å². The molecule has 14 heavy (non-hydrogen) atoms. The van der Waals surface area contributed by atoms with Crippen LogP contribution in [-0.2, 0) is 12.8 Å². The molecule has 1 aliphatic carbocycles. The predicted octanol–water partition coefficient (Wildman–Crippen LogP) is 1.82. The van der Waals surface area contributed by atoms with Crippen LogP contribution < -0.4 is 0 Å². The van der Waals surface area contributed by atoms with Crippen LogP contribution in [0.4, 0.5) is 0 Å². The highest BCUT2D eigenvalue weighted by Gasteiger charge is 2.39. The minimum Gasteiger partial charge on any atom is -0.390 e. The van der Waals surface area contributed by atoms with Crippen molar-refractivity contribution in [3.8, 4) is 6.07 Å². The number of nitriles is 1. The van der Waals surface area contributed by atoms with Crippen molar-refractivity contribution in [3.05, 3.63) is 35.4 Å². The molecular weight excluding hydrogens is 174 g/mol. The zero-order valence-electron chi connectivity index (χ0n) is 8.03. The molecule has 1 aromatic rings. The zero-order chi connectivity index (χ0) is 10.0. The van der Waals surface area contributed by atoms with Gasteiger partial charge < -0.3 is 5.11 Å². The van der Waals surface area contributed by atoms with Gasteiger partial charge in [-0.05, 0) is 24.0 Å². The van der Waals surface area contributed by atoms with Crippen LogP contribution in [0.1, 0.15) is 24.0 Å². The monoisotopic (exact) mass is 187 g/mol. The second kappa shape index (κ2) is 3.43. The highest BCUT2D eigenvalue weighted by molar-refractivity contribution is 5.26. The summed E-state index contributed by atoms with van der Waals surface area (Å²) < 4.78 is 0. The van der Waals surface area contributed by atoms with Crippen LogP contribution in [0, 0.1) is 11.3 Å². The van der Waals surface area contributed by atoms with E-state index >= 15 is 0 Å². The summed E-state index contributed by atoms with van der Waals surface area (Å²) in [4.78, 5) is 0. The van der Waals surface area contributed by atoms with Gasteiger partial charge in [0, 0.05) is 6.42 Å². The summed E-state index contributed by atoms with van der Waals surface area (Å²) in [5.41, 5.74) is 1.78. The normalized spacial score (nSPS) is 17.4. The van der Waals surface area contributed by atoms with E-state index in [1.165, 1.54) is 0 Å². The van der Waals surface area contributed by atoms with Crippen LogP contribution in [0.25, 0.3) is 0 Å². The predicted molar refractivity (Wildman–Crippen MR) is 53.6 cm³/mol. The summed E-state index contributed by atoms with van der Waals surface area (Å²) in [5, 5.41) is 18.2. The Morgan fingerprint density at radius 2 is 1.79 bits per heavy atom. The van der Waals surface area contributed by atoms with Crippen LogP contribution in [-0.4, -0.2) is 10.7 Å². The minimum absolute atomic E-state index is 0.420. The van der Waals surface area contributed by atoms with Gasteiger partial charge in [0.05, 0.1) is 18.1 Å². The molecule has 0 unspecified atom stereocenters. The van der Waals surface area contributed by atoms with Gasteiger partial charge in [-0.25, -0.2) is 0 Å². The maximum atomic E-state index is 9.70. The Morgan fingerprint density at radius 1 is 1.21 bits per heavy atom. The third-order valence-electron chi connectivity index (χ3n) is 2.67. The fourth-order valence-electron chi connectivity index (χ4n) is 1.57. The third kappa shape index (κ3) is 2.12. The summed E-state index contributed by atoms with van der Waals surface area (Å²) in [5.74, 6) is 0. The molecule has 1 aliphatic rings. The lowest BCUT2D eigenvalue weighted by Gasteiger charge is -2.07. The molecule has 0 saturated heterocycles. The van der Waals surface area contributed by atoms with E-state index in [0.29, 0.717) is 6.42 Å². The Labute approximate surface area is 83.8 Å². The second-order valence-electron chi connectivity index (χ2n) is 4.05. The van der Waals surface area contributed by atoms with Gasteiger partial charge in [0.25, 0.3) is 0 Å². The Bertz CT molecular complexity index is 357.